The molecule has 2 aromatic rings. The number of carbonyl (C=O) groups is 1. The van der Waals surface area contributed by atoms with E-state index in [0.717, 1.165) is 25.8 Å². The molecule has 0 spiro atoms. The van der Waals surface area contributed by atoms with Crippen LogP contribution in [0, 0.1) is 5.92 Å². The van der Waals surface area contributed by atoms with Crippen LogP contribution < -0.4 is 4.74 Å². The van der Waals surface area contributed by atoms with Gasteiger partial charge in [0.1, 0.15) is 6.21 Å². The van der Waals surface area contributed by atoms with Crippen LogP contribution in [0.2, 0.25) is 0 Å². The molecule has 0 radical (unpaired) electrons. The zero-order chi connectivity index (χ0) is 16.8. The van der Waals surface area contributed by atoms with Gasteiger partial charge in [0.15, 0.2) is 0 Å². The number of rotatable bonds is 7. The fourth-order valence-corrected chi connectivity index (χ4v) is 2.69. The average Bonchev–Trinajstić information content (AvgIpc) is 2.58. The van der Waals surface area contributed by atoms with E-state index >= 15 is 0 Å². The number of hydrogen-bond acceptors (Lipinski definition) is 6. The Hall–Kier alpha value is -2.73. The van der Waals surface area contributed by atoms with Gasteiger partial charge in [-0.05, 0) is 11.6 Å². The molecular weight excluding hydrogens is 306 g/mol. The third-order valence-corrected chi connectivity index (χ3v) is 3.94. The molecule has 24 heavy (non-hydrogen) atoms. The predicted octanol–water partition coefficient (Wildman–Crippen LogP) is 2.24. The van der Waals surface area contributed by atoms with Crippen LogP contribution in [0.25, 0.3) is 0 Å². The van der Waals surface area contributed by atoms with Crippen molar-refractivity contribution in [2.75, 3.05) is 19.7 Å². The molecule has 1 fully saturated rings. The lowest BCUT2D eigenvalue weighted by Crippen LogP contribution is -2.48. The standard InChI is InChI=1S/C18H19N3O3/c22-17(9-20-23)16-6-7-18(19-8-16)24-13-15-11-21(12-15)10-14-4-2-1-3-5-14/h1-9,15,23H,10-13H2/b20-9+. The van der Waals surface area contributed by atoms with Crippen LogP contribution in [0.15, 0.2) is 53.8 Å². The molecule has 6 nitrogen and oxygen atoms in total. The number of nitrogens with zero attached hydrogens (tertiary/aromatic N) is 3. The second-order valence-corrected chi connectivity index (χ2v) is 5.85. The predicted molar refractivity (Wildman–Crippen MR) is 89.6 cm³/mol. The minimum atomic E-state index is -0.396. The number of ether oxygens (including phenoxy) is 1. The first-order valence-electron chi connectivity index (χ1n) is 7.81. The Morgan fingerprint density at radius 3 is 2.75 bits per heavy atom. The molecule has 1 N–H and O–H groups in total. The maximum absolute atomic E-state index is 11.5. The highest BCUT2D eigenvalue weighted by atomic mass is 16.5. The Balaban J connectivity index is 1.40. The first-order valence-corrected chi connectivity index (χ1v) is 7.81. The van der Waals surface area contributed by atoms with Crippen molar-refractivity contribution < 1.29 is 14.7 Å². The quantitative estimate of drug-likeness (QED) is 0.366. The van der Waals surface area contributed by atoms with Gasteiger partial charge in [-0.15, -0.1) is 0 Å². The molecule has 3 rings (SSSR count). The van der Waals surface area contributed by atoms with Crippen LogP contribution in [0.1, 0.15) is 15.9 Å². The monoisotopic (exact) mass is 325 g/mol. The summed E-state index contributed by atoms with van der Waals surface area (Å²) in [6.45, 7) is 3.61. The summed E-state index contributed by atoms with van der Waals surface area (Å²) in [4.78, 5) is 17.9. The zero-order valence-corrected chi connectivity index (χ0v) is 13.2. The normalized spacial score (nSPS) is 15.3. The molecule has 0 aliphatic carbocycles. The number of aromatic nitrogens is 1. The van der Waals surface area contributed by atoms with E-state index in [1.807, 2.05) is 6.07 Å². The topological polar surface area (TPSA) is 75.0 Å². The zero-order valence-electron chi connectivity index (χ0n) is 13.2. The lowest BCUT2D eigenvalue weighted by atomic mass is 10.0. The van der Waals surface area contributed by atoms with Crippen molar-refractivity contribution in [2.24, 2.45) is 11.1 Å². The van der Waals surface area contributed by atoms with Crippen molar-refractivity contribution in [3.8, 4) is 5.88 Å². The summed E-state index contributed by atoms with van der Waals surface area (Å²) in [5.41, 5.74) is 1.68. The fourth-order valence-electron chi connectivity index (χ4n) is 2.69. The number of oxime groups is 1. The summed E-state index contributed by atoms with van der Waals surface area (Å²) < 4.78 is 5.67. The number of ketones is 1. The average molecular weight is 325 g/mol. The van der Waals surface area contributed by atoms with Gasteiger partial charge in [0.2, 0.25) is 11.7 Å². The molecule has 1 saturated heterocycles. The molecule has 0 saturated carbocycles. The van der Waals surface area contributed by atoms with Gasteiger partial charge in [-0.25, -0.2) is 4.98 Å². The van der Waals surface area contributed by atoms with E-state index in [0.29, 0.717) is 24.0 Å². The first-order chi connectivity index (χ1) is 11.7. The molecule has 6 heteroatoms. The second kappa shape index (κ2) is 7.70. The third kappa shape index (κ3) is 4.17. The van der Waals surface area contributed by atoms with Gasteiger partial charge in [0.05, 0.1) is 6.61 Å². The van der Waals surface area contributed by atoms with Gasteiger partial charge < -0.3 is 9.94 Å². The molecule has 1 aromatic carbocycles. The summed E-state index contributed by atoms with van der Waals surface area (Å²) >= 11 is 0. The Kier molecular flexibility index (Phi) is 5.18. The van der Waals surface area contributed by atoms with Gasteiger partial charge in [-0.2, -0.15) is 0 Å². The summed E-state index contributed by atoms with van der Waals surface area (Å²) in [5.74, 6) is 0.597. The van der Waals surface area contributed by atoms with Gasteiger partial charge in [-0.1, -0.05) is 35.5 Å². The third-order valence-electron chi connectivity index (χ3n) is 3.94. The Labute approximate surface area is 140 Å². The summed E-state index contributed by atoms with van der Waals surface area (Å²) in [7, 11) is 0. The van der Waals surface area contributed by atoms with Crippen LogP contribution >= 0.6 is 0 Å². The van der Waals surface area contributed by atoms with Crippen LogP contribution in [0.5, 0.6) is 5.88 Å². The van der Waals surface area contributed by atoms with Crippen LogP contribution in [0.3, 0.4) is 0 Å². The number of hydrogen-bond donors (Lipinski definition) is 1. The SMILES string of the molecule is O=C(/C=N/O)c1ccc(OCC2CN(Cc3ccccc3)C2)nc1. The molecule has 1 aliphatic heterocycles. The number of pyridine rings is 1. The van der Waals surface area contributed by atoms with Crippen molar-refractivity contribution in [1.29, 1.82) is 0 Å². The molecule has 0 amide bonds. The molecule has 1 aliphatic rings. The maximum atomic E-state index is 11.5. The van der Waals surface area contributed by atoms with Gasteiger partial charge in [0.25, 0.3) is 0 Å². The summed E-state index contributed by atoms with van der Waals surface area (Å²) in [6.07, 6.45) is 2.26. The van der Waals surface area contributed by atoms with Gasteiger partial charge >= 0.3 is 0 Å². The van der Waals surface area contributed by atoms with Gasteiger partial charge in [0, 0.05) is 43.4 Å². The minimum Gasteiger partial charge on any atom is -0.477 e. The van der Waals surface area contributed by atoms with Crippen molar-refractivity contribution >= 4 is 12.0 Å². The molecular formula is C18H19N3O3. The highest BCUT2D eigenvalue weighted by molar-refractivity contribution is 6.35. The lowest BCUT2D eigenvalue weighted by molar-refractivity contribution is 0.0544. The molecule has 1 aromatic heterocycles. The van der Waals surface area contributed by atoms with E-state index in [-0.39, 0.29) is 0 Å². The largest absolute Gasteiger partial charge is 0.477 e. The maximum Gasteiger partial charge on any atom is 0.213 e. The van der Waals surface area contributed by atoms with Crippen molar-refractivity contribution in [3.63, 3.8) is 0 Å². The Morgan fingerprint density at radius 2 is 2.08 bits per heavy atom. The lowest BCUT2D eigenvalue weighted by Gasteiger charge is -2.38. The highest BCUT2D eigenvalue weighted by Crippen LogP contribution is 2.19. The van der Waals surface area contributed by atoms with E-state index in [2.05, 4.69) is 39.3 Å². The molecule has 0 atom stereocenters. The van der Waals surface area contributed by atoms with Crippen molar-refractivity contribution in [3.05, 3.63) is 59.8 Å². The summed E-state index contributed by atoms with van der Waals surface area (Å²) in [5, 5.41) is 11.1. The smallest absolute Gasteiger partial charge is 0.213 e. The highest BCUT2D eigenvalue weighted by Gasteiger charge is 2.27. The van der Waals surface area contributed by atoms with Crippen LogP contribution in [-0.2, 0) is 6.54 Å². The van der Waals surface area contributed by atoms with E-state index in [1.165, 1.54) is 11.8 Å². The molecule has 0 unspecified atom stereocenters. The Bertz CT molecular complexity index is 695. The molecule has 0 bridgehead atoms. The number of Topliss-reactive ketones (excluding diaryl/α,β-unsaturated/α-hetero) is 1. The van der Waals surface area contributed by atoms with E-state index in [1.54, 1.807) is 12.1 Å². The van der Waals surface area contributed by atoms with Gasteiger partial charge in [-0.3, -0.25) is 9.69 Å². The van der Waals surface area contributed by atoms with Crippen molar-refractivity contribution in [2.45, 2.75) is 6.54 Å². The second-order valence-electron chi connectivity index (χ2n) is 5.85. The Morgan fingerprint density at radius 1 is 1.29 bits per heavy atom. The van der Waals surface area contributed by atoms with Crippen LogP contribution in [0.4, 0.5) is 0 Å². The number of benzene rings is 1. The number of likely N-dealkylation sites (tertiary alicyclic amines) is 1. The fraction of sp³-hybridized carbons (Fsp3) is 0.278. The number of carbonyl (C=O) groups excluding carboxylic acids is 1. The van der Waals surface area contributed by atoms with E-state index in [9.17, 15) is 4.79 Å². The van der Waals surface area contributed by atoms with Crippen molar-refractivity contribution in [1.82, 2.24) is 9.88 Å². The molecule has 124 valence electrons. The summed E-state index contributed by atoms with van der Waals surface area (Å²) in [6, 6.07) is 13.7. The first kappa shape index (κ1) is 16.1. The van der Waals surface area contributed by atoms with E-state index in [4.69, 9.17) is 9.94 Å². The van der Waals surface area contributed by atoms with Crippen LogP contribution in [-0.4, -0.2) is 46.8 Å². The molecule has 2 heterocycles. The minimum absolute atomic E-state index is 0.359. The van der Waals surface area contributed by atoms with E-state index < -0.39 is 5.78 Å².